The van der Waals surface area contributed by atoms with Gasteiger partial charge in [-0.15, -0.1) is 0 Å². The predicted octanol–water partition coefficient (Wildman–Crippen LogP) is 9.65. The van der Waals surface area contributed by atoms with E-state index in [-0.39, 0.29) is 0 Å². The summed E-state index contributed by atoms with van der Waals surface area (Å²) in [5.41, 5.74) is 12.8. The number of fused-ring (bicyclic) bond motifs is 9. The van der Waals surface area contributed by atoms with Crippen molar-refractivity contribution in [2.45, 2.75) is 25.7 Å². The molecule has 0 radical (unpaired) electrons. The molecule has 2 aliphatic rings. The van der Waals surface area contributed by atoms with Crippen molar-refractivity contribution < 1.29 is 0 Å². The molecule has 4 heteroatoms. The predicted molar refractivity (Wildman–Crippen MR) is 181 cm³/mol. The average molecular weight is 565 g/mol. The van der Waals surface area contributed by atoms with Gasteiger partial charge in [0.1, 0.15) is 0 Å². The van der Waals surface area contributed by atoms with Crippen LogP contribution in [-0.2, 0) is 12.8 Å². The summed E-state index contributed by atoms with van der Waals surface area (Å²) in [6.45, 7) is 0. The average Bonchev–Trinajstić information content (AvgIpc) is 3.11. The van der Waals surface area contributed by atoms with Crippen LogP contribution in [0.5, 0.6) is 0 Å². The Hall–Kier alpha value is -5.48. The number of benzene rings is 4. The van der Waals surface area contributed by atoms with Crippen LogP contribution in [0.25, 0.3) is 78.5 Å². The SMILES string of the molecule is C1=Cc2c(c3c(c4cc(-c5ccc(-c6ncc(-c7ccc8ccc9cccnc9c8n7)cn6)cc5)ccc24)CCC=C3)CC1. The van der Waals surface area contributed by atoms with Crippen LogP contribution in [0.1, 0.15) is 35.1 Å². The highest BCUT2D eigenvalue weighted by Crippen LogP contribution is 2.39. The molecule has 3 aromatic heterocycles. The zero-order valence-corrected chi connectivity index (χ0v) is 24.2. The molecule has 44 heavy (non-hydrogen) atoms. The molecule has 0 unspecified atom stereocenters. The van der Waals surface area contributed by atoms with E-state index in [1.54, 1.807) is 0 Å². The second-order valence-electron chi connectivity index (χ2n) is 11.7. The van der Waals surface area contributed by atoms with E-state index >= 15 is 0 Å². The van der Waals surface area contributed by atoms with Crippen LogP contribution in [0.2, 0.25) is 0 Å². The Bertz CT molecular complexity index is 2310. The lowest BCUT2D eigenvalue weighted by atomic mass is 9.81. The molecule has 0 saturated heterocycles. The highest BCUT2D eigenvalue weighted by atomic mass is 14.9. The Kier molecular flexibility index (Phi) is 5.73. The van der Waals surface area contributed by atoms with Crippen LogP contribution >= 0.6 is 0 Å². The Morgan fingerprint density at radius 1 is 0.523 bits per heavy atom. The third-order valence-corrected chi connectivity index (χ3v) is 9.16. The van der Waals surface area contributed by atoms with Gasteiger partial charge in [0, 0.05) is 40.5 Å². The second kappa shape index (κ2) is 10.1. The maximum absolute atomic E-state index is 4.94. The minimum Gasteiger partial charge on any atom is -0.254 e. The van der Waals surface area contributed by atoms with Gasteiger partial charge in [-0.2, -0.15) is 0 Å². The van der Waals surface area contributed by atoms with Crippen molar-refractivity contribution in [1.82, 2.24) is 19.9 Å². The molecule has 4 aromatic carbocycles. The summed E-state index contributed by atoms with van der Waals surface area (Å²) in [5.74, 6) is 0.700. The van der Waals surface area contributed by atoms with E-state index in [9.17, 15) is 0 Å². The van der Waals surface area contributed by atoms with Crippen molar-refractivity contribution in [1.29, 1.82) is 0 Å². The van der Waals surface area contributed by atoms with Crippen LogP contribution in [0.4, 0.5) is 0 Å². The van der Waals surface area contributed by atoms with E-state index in [0.717, 1.165) is 64.3 Å². The molecule has 0 atom stereocenters. The first-order chi connectivity index (χ1) is 21.8. The maximum Gasteiger partial charge on any atom is 0.159 e. The van der Waals surface area contributed by atoms with Crippen LogP contribution < -0.4 is 0 Å². The molecule has 2 aliphatic carbocycles. The highest BCUT2D eigenvalue weighted by Gasteiger charge is 2.20. The minimum atomic E-state index is 0.700. The van der Waals surface area contributed by atoms with Gasteiger partial charge in [-0.25, -0.2) is 15.0 Å². The first-order valence-corrected chi connectivity index (χ1v) is 15.3. The van der Waals surface area contributed by atoms with Gasteiger partial charge in [-0.05, 0) is 88.0 Å². The summed E-state index contributed by atoms with van der Waals surface area (Å²) in [5, 5.41) is 4.92. The molecule has 0 N–H and O–H groups in total. The van der Waals surface area contributed by atoms with Crippen molar-refractivity contribution in [2.75, 3.05) is 0 Å². The normalized spacial score (nSPS) is 13.8. The summed E-state index contributed by atoms with van der Waals surface area (Å²) in [6, 6.07) is 27.9. The van der Waals surface area contributed by atoms with Gasteiger partial charge >= 0.3 is 0 Å². The van der Waals surface area contributed by atoms with E-state index in [0.29, 0.717) is 5.82 Å². The van der Waals surface area contributed by atoms with E-state index in [1.165, 1.54) is 44.2 Å². The molecule has 0 spiro atoms. The van der Waals surface area contributed by atoms with Crippen LogP contribution in [0.3, 0.4) is 0 Å². The number of aryl methyl sites for hydroxylation is 1. The Balaban J connectivity index is 1.03. The number of hydrogen-bond donors (Lipinski definition) is 0. The largest absolute Gasteiger partial charge is 0.254 e. The number of hydrogen-bond acceptors (Lipinski definition) is 4. The molecule has 0 saturated carbocycles. The highest BCUT2D eigenvalue weighted by molar-refractivity contribution is 6.03. The maximum atomic E-state index is 4.94. The van der Waals surface area contributed by atoms with Gasteiger partial charge < -0.3 is 0 Å². The fraction of sp³-hybridized carbons (Fsp3) is 0.100. The third kappa shape index (κ3) is 4.06. The first kappa shape index (κ1) is 25.1. The molecular formula is C40H28N4. The summed E-state index contributed by atoms with van der Waals surface area (Å²) in [6.07, 6.45) is 19.4. The molecule has 0 amide bonds. The Labute approximate surface area is 255 Å². The zero-order chi connectivity index (χ0) is 29.0. The lowest BCUT2D eigenvalue weighted by molar-refractivity contribution is 0.949. The standard InChI is InChI=1S/C40H28N4/c1-2-9-33-31(7-1)32-8-3-4-10-34(32)36-22-29(17-19-35(33)36)25-11-15-28(16-12-25)40-42-23-30(24-43-40)37-20-18-27-14-13-26-6-5-21-41-38(26)39(27)44-37/h2-3,5-6,8-9,11-24H,1,4,7,10H2. The molecular weight excluding hydrogens is 536 g/mol. The van der Waals surface area contributed by atoms with Crippen LogP contribution in [-0.4, -0.2) is 19.9 Å². The Morgan fingerprint density at radius 2 is 1.23 bits per heavy atom. The number of aromatic nitrogens is 4. The van der Waals surface area contributed by atoms with Crippen LogP contribution in [0, 0.1) is 0 Å². The lowest BCUT2D eigenvalue weighted by Gasteiger charge is -2.23. The van der Waals surface area contributed by atoms with E-state index in [1.807, 2.05) is 30.7 Å². The molecule has 0 fully saturated rings. The van der Waals surface area contributed by atoms with Gasteiger partial charge in [-0.3, -0.25) is 4.98 Å². The smallest absolute Gasteiger partial charge is 0.159 e. The zero-order valence-electron chi connectivity index (χ0n) is 24.2. The minimum absolute atomic E-state index is 0.700. The number of rotatable bonds is 3. The number of pyridine rings is 2. The topological polar surface area (TPSA) is 51.6 Å². The van der Waals surface area contributed by atoms with Gasteiger partial charge in [-0.1, -0.05) is 85.0 Å². The molecule has 9 rings (SSSR count). The monoisotopic (exact) mass is 564 g/mol. The summed E-state index contributed by atoms with van der Waals surface area (Å²) < 4.78 is 0. The fourth-order valence-electron chi connectivity index (χ4n) is 6.94. The second-order valence-corrected chi connectivity index (χ2v) is 11.7. The quantitative estimate of drug-likeness (QED) is 0.201. The number of nitrogens with zero attached hydrogens (tertiary/aromatic N) is 4. The van der Waals surface area contributed by atoms with Gasteiger partial charge in [0.25, 0.3) is 0 Å². The number of allylic oxidation sites excluding steroid dienone is 2. The van der Waals surface area contributed by atoms with Gasteiger partial charge in [0.2, 0.25) is 0 Å². The van der Waals surface area contributed by atoms with Crippen molar-refractivity contribution in [3.8, 4) is 33.8 Å². The lowest BCUT2D eigenvalue weighted by Crippen LogP contribution is -2.06. The fourth-order valence-corrected chi connectivity index (χ4v) is 6.94. The Morgan fingerprint density at radius 3 is 2.07 bits per heavy atom. The molecule has 0 aliphatic heterocycles. The third-order valence-electron chi connectivity index (χ3n) is 9.16. The summed E-state index contributed by atoms with van der Waals surface area (Å²) >= 11 is 0. The van der Waals surface area contributed by atoms with Crippen molar-refractivity contribution in [2.24, 2.45) is 0 Å². The van der Waals surface area contributed by atoms with E-state index < -0.39 is 0 Å². The van der Waals surface area contributed by atoms with E-state index in [2.05, 4.69) is 96.0 Å². The molecule has 3 heterocycles. The van der Waals surface area contributed by atoms with Crippen molar-refractivity contribution >= 4 is 44.7 Å². The summed E-state index contributed by atoms with van der Waals surface area (Å²) in [7, 11) is 0. The van der Waals surface area contributed by atoms with Crippen molar-refractivity contribution in [3.63, 3.8) is 0 Å². The first-order valence-electron chi connectivity index (χ1n) is 15.3. The molecule has 7 aromatic rings. The molecule has 208 valence electrons. The molecule has 0 bridgehead atoms. The van der Waals surface area contributed by atoms with Crippen molar-refractivity contribution in [3.05, 3.63) is 132 Å². The van der Waals surface area contributed by atoms with Gasteiger partial charge in [0.05, 0.1) is 16.7 Å². The van der Waals surface area contributed by atoms with E-state index in [4.69, 9.17) is 15.0 Å². The van der Waals surface area contributed by atoms with Gasteiger partial charge in [0.15, 0.2) is 5.82 Å². The van der Waals surface area contributed by atoms with Crippen LogP contribution in [0.15, 0.2) is 110 Å². The summed E-state index contributed by atoms with van der Waals surface area (Å²) in [4.78, 5) is 19.0. The molecule has 4 nitrogen and oxygen atoms in total.